The highest BCUT2D eigenvalue weighted by Crippen LogP contribution is 2.19. The van der Waals surface area contributed by atoms with E-state index in [1.807, 2.05) is 30.3 Å². The molecule has 0 spiro atoms. The van der Waals surface area contributed by atoms with Gasteiger partial charge in [-0.3, -0.25) is 0 Å². The Balaban J connectivity index is 1.77. The number of rotatable bonds is 5. The van der Waals surface area contributed by atoms with E-state index in [0.29, 0.717) is 18.3 Å². The second-order valence-corrected chi connectivity index (χ2v) is 4.87. The molecule has 22 heavy (non-hydrogen) atoms. The molecule has 3 rings (SSSR count). The number of halogens is 1. The number of para-hydroxylation sites is 1. The van der Waals surface area contributed by atoms with E-state index < -0.39 is 0 Å². The van der Waals surface area contributed by atoms with Gasteiger partial charge in [0.25, 0.3) is 0 Å². The normalized spacial score (nSPS) is 10.6. The summed E-state index contributed by atoms with van der Waals surface area (Å²) in [5.74, 6) is 0.720. The largest absolute Gasteiger partial charge is 0.362 e. The van der Waals surface area contributed by atoms with E-state index in [-0.39, 0.29) is 5.82 Å². The molecule has 1 heterocycles. The average Bonchev–Trinajstić information content (AvgIpc) is 3.03. The summed E-state index contributed by atoms with van der Waals surface area (Å²) in [5.41, 5.74) is 1.84. The first kappa shape index (κ1) is 14.3. The zero-order valence-electron chi connectivity index (χ0n) is 12.2. The van der Waals surface area contributed by atoms with Crippen molar-refractivity contribution in [3.8, 4) is 11.4 Å². The van der Waals surface area contributed by atoms with Crippen molar-refractivity contribution in [2.45, 2.75) is 13.5 Å². The molecular weight excluding hydrogens is 281 g/mol. The van der Waals surface area contributed by atoms with Crippen molar-refractivity contribution in [3.05, 3.63) is 66.3 Å². The molecule has 0 atom stereocenters. The topological polar surface area (TPSA) is 42.2 Å². The van der Waals surface area contributed by atoms with Crippen molar-refractivity contribution in [3.63, 3.8) is 0 Å². The molecule has 112 valence electrons. The first-order valence-electron chi connectivity index (χ1n) is 7.15. The summed E-state index contributed by atoms with van der Waals surface area (Å²) in [7, 11) is 0. The monoisotopic (exact) mass is 297 g/mol. The zero-order valence-corrected chi connectivity index (χ0v) is 12.2. The van der Waals surface area contributed by atoms with E-state index in [4.69, 9.17) is 4.52 Å². The van der Waals surface area contributed by atoms with Gasteiger partial charge in [-0.25, -0.2) is 4.39 Å². The first-order chi connectivity index (χ1) is 10.8. The Morgan fingerprint density at radius 3 is 2.45 bits per heavy atom. The average molecular weight is 297 g/mol. The number of nitrogens with zero attached hydrogens (tertiary/aromatic N) is 3. The van der Waals surface area contributed by atoms with E-state index in [1.165, 1.54) is 12.1 Å². The first-order valence-corrected chi connectivity index (χ1v) is 7.15. The minimum absolute atomic E-state index is 0.284. The van der Waals surface area contributed by atoms with E-state index in [2.05, 4.69) is 22.0 Å². The molecule has 1 aromatic heterocycles. The summed E-state index contributed by atoms with van der Waals surface area (Å²) >= 11 is 0. The molecule has 0 fully saturated rings. The molecule has 0 aliphatic heterocycles. The molecular formula is C17H16FN3O. The Morgan fingerprint density at radius 1 is 1.05 bits per heavy atom. The fourth-order valence-corrected chi connectivity index (χ4v) is 2.22. The van der Waals surface area contributed by atoms with Crippen molar-refractivity contribution in [1.29, 1.82) is 0 Å². The van der Waals surface area contributed by atoms with Gasteiger partial charge in [0.05, 0.1) is 6.54 Å². The van der Waals surface area contributed by atoms with Crippen LogP contribution in [0.1, 0.15) is 12.8 Å². The van der Waals surface area contributed by atoms with Gasteiger partial charge in [0.15, 0.2) is 0 Å². The second-order valence-electron chi connectivity index (χ2n) is 4.87. The third-order valence-corrected chi connectivity index (χ3v) is 3.40. The highest BCUT2D eigenvalue weighted by molar-refractivity contribution is 5.54. The van der Waals surface area contributed by atoms with E-state index in [1.54, 1.807) is 12.1 Å². The minimum Gasteiger partial charge on any atom is -0.362 e. The lowest BCUT2D eigenvalue weighted by Crippen LogP contribution is -2.22. The molecule has 5 heteroatoms. The quantitative estimate of drug-likeness (QED) is 0.716. The van der Waals surface area contributed by atoms with Crippen LogP contribution in [-0.4, -0.2) is 16.7 Å². The molecule has 0 bridgehead atoms. The van der Waals surface area contributed by atoms with Gasteiger partial charge in [0.2, 0.25) is 11.7 Å². The predicted octanol–water partition coefficient (Wildman–Crippen LogP) is 3.90. The molecule has 0 unspecified atom stereocenters. The van der Waals surface area contributed by atoms with Crippen molar-refractivity contribution in [1.82, 2.24) is 10.1 Å². The van der Waals surface area contributed by atoms with Crippen LogP contribution in [0, 0.1) is 5.82 Å². The standard InChI is InChI=1S/C17H16FN3O/c1-2-21(15-6-4-3-5-7-15)12-16-19-17(20-22-16)13-8-10-14(18)11-9-13/h3-11H,2,12H2,1H3. The smallest absolute Gasteiger partial charge is 0.246 e. The Morgan fingerprint density at radius 2 is 1.77 bits per heavy atom. The maximum atomic E-state index is 12.9. The van der Waals surface area contributed by atoms with Gasteiger partial charge < -0.3 is 9.42 Å². The highest BCUT2D eigenvalue weighted by Gasteiger charge is 2.12. The fourth-order valence-electron chi connectivity index (χ4n) is 2.22. The highest BCUT2D eigenvalue weighted by atomic mass is 19.1. The molecule has 0 N–H and O–H groups in total. The maximum absolute atomic E-state index is 12.9. The van der Waals surface area contributed by atoms with Crippen LogP contribution in [0.5, 0.6) is 0 Å². The molecule has 2 aromatic carbocycles. The Labute approximate surface area is 128 Å². The van der Waals surface area contributed by atoms with Crippen molar-refractivity contribution < 1.29 is 8.91 Å². The number of benzene rings is 2. The molecule has 3 aromatic rings. The number of hydrogen-bond acceptors (Lipinski definition) is 4. The number of hydrogen-bond donors (Lipinski definition) is 0. The summed E-state index contributed by atoms with van der Waals surface area (Å²) in [4.78, 5) is 6.52. The van der Waals surface area contributed by atoms with Crippen LogP contribution >= 0.6 is 0 Å². The van der Waals surface area contributed by atoms with Crippen LogP contribution in [0.15, 0.2) is 59.1 Å². The molecule has 0 amide bonds. The van der Waals surface area contributed by atoms with Crippen LogP contribution in [0.25, 0.3) is 11.4 Å². The van der Waals surface area contributed by atoms with Gasteiger partial charge in [0, 0.05) is 17.8 Å². The van der Waals surface area contributed by atoms with Crippen LogP contribution in [0.2, 0.25) is 0 Å². The van der Waals surface area contributed by atoms with Crippen molar-refractivity contribution >= 4 is 5.69 Å². The summed E-state index contributed by atoms with van der Waals surface area (Å²) in [6, 6.07) is 16.1. The van der Waals surface area contributed by atoms with Crippen molar-refractivity contribution in [2.75, 3.05) is 11.4 Å². The molecule has 0 saturated carbocycles. The van der Waals surface area contributed by atoms with Gasteiger partial charge in [-0.05, 0) is 43.3 Å². The van der Waals surface area contributed by atoms with Gasteiger partial charge >= 0.3 is 0 Å². The summed E-state index contributed by atoms with van der Waals surface area (Å²) in [5, 5.41) is 3.96. The molecule has 0 aliphatic carbocycles. The van der Waals surface area contributed by atoms with Gasteiger partial charge in [-0.15, -0.1) is 0 Å². The van der Waals surface area contributed by atoms with Crippen LogP contribution in [0.4, 0.5) is 10.1 Å². The third-order valence-electron chi connectivity index (χ3n) is 3.40. The molecule has 0 saturated heterocycles. The Bertz CT molecular complexity index is 725. The second kappa shape index (κ2) is 6.39. The SMILES string of the molecule is CCN(Cc1nc(-c2ccc(F)cc2)no1)c1ccccc1. The van der Waals surface area contributed by atoms with Crippen LogP contribution < -0.4 is 4.90 Å². The summed E-state index contributed by atoms with van der Waals surface area (Å²) in [6.07, 6.45) is 0. The van der Waals surface area contributed by atoms with E-state index >= 15 is 0 Å². The van der Waals surface area contributed by atoms with Gasteiger partial charge in [-0.2, -0.15) is 4.98 Å². The van der Waals surface area contributed by atoms with Gasteiger partial charge in [0.1, 0.15) is 5.82 Å². The minimum atomic E-state index is -0.284. The lowest BCUT2D eigenvalue weighted by molar-refractivity contribution is 0.377. The van der Waals surface area contributed by atoms with Gasteiger partial charge in [-0.1, -0.05) is 23.4 Å². The molecule has 0 radical (unpaired) electrons. The van der Waals surface area contributed by atoms with Crippen LogP contribution in [0.3, 0.4) is 0 Å². The zero-order chi connectivity index (χ0) is 15.4. The molecule has 0 aliphatic rings. The summed E-state index contributed by atoms with van der Waals surface area (Å²) in [6.45, 7) is 3.44. The number of anilines is 1. The fraction of sp³-hybridized carbons (Fsp3) is 0.176. The molecule has 4 nitrogen and oxygen atoms in total. The Kier molecular flexibility index (Phi) is 4.14. The van der Waals surface area contributed by atoms with Crippen molar-refractivity contribution in [2.24, 2.45) is 0 Å². The lowest BCUT2D eigenvalue weighted by Gasteiger charge is -2.20. The lowest BCUT2D eigenvalue weighted by atomic mass is 10.2. The predicted molar refractivity (Wildman–Crippen MR) is 82.9 cm³/mol. The number of aromatic nitrogens is 2. The van der Waals surface area contributed by atoms with E-state index in [0.717, 1.165) is 17.8 Å². The third kappa shape index (κ3) is 3.14. The van der Waals surface area contributed by atoms with E-state index in [9.17, 15) is 4.39 Å². The van der Waals surface area contributed by atoms with Crippen LogP contribution in [-0.2, 0) is 6.54 Å². The Hall–Kier alpha value is -2.69. The maximum Gasteiger partial charge on any atom is 0.246 e. The summed E-state index contributed by atoms with van der Waals surface area (Å²) < 4.78 is 18.2.